The third-order valence-electron chi connectivity index (χ3n) is 2.48. The van der Waals surface area contributed by atoms with Gasteiger partial charge in [0.15, 0.2) is 0 Å². The van der Waals surface area contributed by atoms with Gasteiger partial charge in [-0.1, -0.05) is 15.9 Å². The molecule has 0 saturated carbocycles. The Morgan fingerprint density at radius 1 is 1.47 bits per heavy atom. The third-order valence-corrected chi connectivity index (χ3v) is 4.81. The molecule has 0 amide bonds. The van der Waals surface area contributed by atoms with Gasteiger partial charge in [0.1, 0.15) is 0 Å². The fourth-order valence-corrected chi connectivity index (χ4v) is 3.81. The second-order valence-electron chi connectivity index (χ2n) is 3.82. The second kappa shape index (κ2) is 4.70. The minimum atomic E-state index is -2.87. The van der Waals surface area contributed by atoms with Gasteiger partial charge in [0.25, 0.3) is 5.92 Å². The van der Waals surface area contributed by atoms with Crippen LogP contribution in [0.3, 0.4) is 0 Å². The lowest BCUT2D eigenvalue weighted by Crippen LogP contribution is -2.07. The van der Waals surface area contributed by atoms with Crippen LogP contribution in [-0.2, 0) is 5.92 Å². The predicted molar refractivity (Wildman–Crippen MR) is 79.5 cm³/mol. The first kappa shape index (κ1) is 13.6. The normalized spacial score (nSPS) is 13.1. The Bertz CT molecular complexity index is 580. The fourth-order valence-electron chi connectivity index (χ4n) is 1.80. The maximum Gasteiger partial charge on any atom is 0.271 e. The van der Waals surface area contributed by atoms with Crippen LogP contribution in [0.5, 0.6) is 0 Å². The van der Waals surface area contributed by atoms with Gasteiger partial charge in [0.05, 0.1) is 17.6 Å². The summed E-state index contributed by atoms with van der Waals surface area (Å²) >= 11 is 5.46. The Labute approximate surface area is 121 Å². The van der Waals surface area contributed by atoms with E-state index in [0.29, 0.717) is 21.9 Å². The van der Waals surface area contributed by atoms with Crippen LogP contribution in [0.2, 0.25) is 0 Å². The highest BCUT2D eigenvalue weighted by Gasteiger charge is 2.29. The van der Waals surface area contributed by atoms with Gasteiger partial charge in [-0.25, -0.2) is 13.2 Å². The minimum Gasteiger partial charge on any atom is -0.237 e. The molecule has 2 aromatic rings. The van der Waals surface area contributed by atoms with Gasteiger partial charge >= 0.3 is 0 Å². The van der Waals surface area contributed by atoms with E-state index in [2.05, 4.69) is 43.1 Å². The number of fused-ring (bicyclic) bond motifs is 1. The standard InChI is InChI=1S/C10H9BrF2IN2P/c1-5-9-7(10(2,12)13)3-6(11)4-8(9)16(15-5)17-14/h3-4,17H,1-2H3. The lowest BCUT2D eigenvalue weighted by atomic mass is 10.0. The maximum absolute atomic E-state index is 13.6. The molecule has 92 valence electrons. The van der Waals surface area contributed by atoms with Crippen molar-refractivity contribution >= 4 is 55.2 Å². The van der Waals surface area contributed by atoms with Gasteiger partial charge in [-0.15, -0.1) is 0 Å². The first-order chi connectivity index (χ1) is 7.84. The zero-order chi connectivity index (χ0) is 12.8. The summed E-state index contributed by atoms with van der Waals surface area (Å²) in [5.74, 6) is -2.87. The molecule has 1 unspecified atom stereocenters. The third kappa shape index (κ3) is 2.49. The first-order valence-corrected chi connectivity index (χ1v) is 9.64. The van der Waals surface area contributed by atoms with Crippen molar-refractivity contribution in [3.8, 4) is 0 Å². The van der Waals surface area contributed by atoms with Crippen LogP contribution in [0, 0.1) is 6.92 Å². The quantitative estimate of drug-likeness (QED) is 0.481. The summed E-state index contributed by atoms with van der Waals surface area (Å²) in [4.78, 5) is 0. The number of rotatable bonds is 2. The summed E-state index contributed by atoms with van der Waals surface area (Å²) < 4.78 is 29.6. The highest BCUT2D eigenvalue weighted by atomic mass is 127. The number of hydrogen-bond acceptors (Lipinski definition) is 1. The Hall–Kier alpha value is 0.190. The van der Waals surface area contributed by atoms with Crippen LogP contribution in [0.1, 0.15) is 18.2 Å². The molecule has 0 N–H and O–H groups in total. The van der Waals surface area contributed by atoms with Crippen LogP contribution in [-0.4, -0.2) is 9.55 Å². The van der Waals surface area contributed by atoms with E-state index in [1.54, 1.807) is 11.4 Å². The van der Waals surface area contributed by atoms with E-state index >= 15 is 0 Å². The predicted octanol–water partition coefficient (Wildman–Crippen LogP) is 5.01. The van der Waals surface area contributed by atoms with E-state index in [1.807, 2.05) is 6.07 Å². The first-order valence-electron chi connectivity index (χ1n) is 4.78. The summed E-state index contributed by atoms with van der Waals surface area (Å²) in [5, 5.41) is 4.85. The van der Waals surface area contributed by atoms with E-state index in [1.165, 1.54) is 6.07 Å². The molecule has 1 atom stereocenters. The molecule has 2 rings (SSSR count). The monoisotopic (exact) mass is 432 g/mol. The van der Waals surface area contributed by atoms with Gasteiger partial charge in [-0.05, 0) is 41.1 Å². The lowest BCUT2D eigenvalue weighted by Gasteiger charge is -2.13. The van der Waals surface area contributed by atoms with Crippen molar-refractivity contribution in [1.29, 1.82) is 0 Å². The van der Waals surface area contributed by atoms with E-state index in [9.17, 15) is 8.78 Å². The number of alkyl halides is 2. The summed E-state index contributed by atoms with van der Waals surface area (Å²) in [6.45, 7) is 2.68. The fraction of sp³-hybridized carbons (Fsp3) is 0.300. The molecular formula is C10H9BrF2IN2P. The molecular weight excluding hydrogens is 424 g/mol. The van der Waals surface area contributed by atoms with Crippen LogP contribution >= 0.6 is 44.3 Å². The van der Waals surface area contributed by atoms with Crippen molar-refractivity contribution in [2.75, 3.05) is 0 Å². The molecule has 0 bridgehead atoms. The molecule has 0 saturated heterocycles. The zero-order valence-electron chi connectivity index (χ0n) is 9.06. The topological polar surface area (TPSA) is 17.8 Å². The molecule has 0 aliphatic rings. The molecule has 7 heteroatoms. The molecule has 1 aromatic heterocycles. The van der Waals surface area contributed by atoms with Gasteiger partial charge < -0.3 is 0 Å². The van der Waals surface area contributed by atoms with E-state index < -0.39 is 5.92 Å². The minimum absolute atomic E-state index is 0.0280. The van der Waals surface area contributed by atoms with Crippen molar-refractivity contribution in [1.82, 2.24) is 9.55 Å². The summed E-state index contributed by atoms with van der Waals surface area (Å²) in [6, 6.07) is 3.30. The van der Waals surface area contributed by atoms with Crippen molar-refractivity contribution in [3.63, 3.8) is 0 Å². The smallest absolute Gasteiger partial charge is 0.237 e. The maximum atomic E-state index is 13.6. The Balaban J connectivity index is 2.89. The lowest BCUT2D eigenvalue weighted by molar-refractivity contribution is 0.0190. The molecule has 0 aliphatic carbocycles. The van der Waals surface area contributed by atoms with Crippen LogP contribution in [0.15, 0.2) is 16.6 Å². The van der Waals surface area contributed by atoms with E-state index in [0.717, 1.165) is 12.4 Å². The van der Waals surface area contributed by atoms with Gasteiger partial charge in [0.2, 0.25) is 0 Å². The highest BCUT2D eigenvalue weighted by Crippen LogP contribution is 2.39. The molecule has 2 nitrogen and oxygen atoms in total. The molecule has 1 aromatic carbocycles. The summed E-state index contributed by atoms with van der Waals surface area (Å²) in [7, 11) is 0. The van der Waals surface area contributed by atoms with Crippen molar-refractivity contribution in [3.05, 3.63) is 27.9 Å². The van der Waals surface area contributed by atoms with E-state index in [4.69, 9.17) is 0 Å². The Morgan fingerprint density at radius 3 is 2.65 bits per heavy atom. The Kier molecular flexibility index (Phi) is 3.77. The van der Waals surface area contributed by atoms with Crippen molar-refractivity contribution in [2.24, 2.45) is 0 Å². The number of halogens is 4. The SMILES string of the molecule is Cc1nn(PI)c2cc(Br)cc(C(C)(F)F)c12. The number of nitrogens with zero attached hydrogens (tertiary/aromatic N) is 2. The molecule has 0 spiro atoms. The number of hydrogen-bond donors (Lipinski definition) is 0. The van der Waals surface area contributed by atoms with Crippen LogP contribution in [0.4, 0.5) is 8.78 Å². The van der Waals surface area contributed by atoms with Gasteiger partial charge in [-0.2, -0.15) is 5.10 Å². The zero-order valence-corrected chi connectivity index (χ0v) is 13.8. The average Bonchev–Trinajstić information content (AvgIpc) is 2.53. The average molecular weight is 433 g/mol. The van der Waals surface area contributed by atoms with Gasteiger partial charge in [0, 0.05) is 22.3 Å². The van der Waals surface area contributed by atoms with Crippen LogP contribution in [0.25, 0.3) is 10.9 Å². The molecule has 0 aliphatic heterocycles. The molecule has 17 heavy (non-hydrogen) atoms. The largest absolute Gasteiger partial charge is 0.271 e. The van der Waals surface area contributed by atoms with E-state index in [-0.39, 0.29) is 5.56 Å². The highest BCUT2D eigenvalue weighted by molar-refractivity contribution is 14.2. The molecule has 0 fully saturated rings. The number of benzene rings is 1. The summed E-state index contributed by atoms with van der Waals surface area (Å²) in [5.41, 5.74) is 1.43. The molecule has 0 radical (unpaired) electrons. The number of aromatic nitrogens is 2. The van der Waals surface area contributed by atoms with Crippen molar-refractivity contribution < 1.29 is 8.78 Å². The molecule has 1 heterocycles. The number of aryl methyl sites for hydroxylation is 1. The van der Waals surface area contributed by atoms with Gasteiger partial charge in [-0.3, -0.25) is 0 Å². The van der Waals surface area contributed by atoms with Crippen LogP contribution < -0.4 is 0 Å². The van der Waals surface area contributed by atoms with Crippen molar-refractivity contribution in [2.45, 2.75) is 19.8 Å². The Morgan fingerprint density at radius 2 is 2.12 bits per heavy atom. The second-order valence-corrected chi connectivity index (χ2v) is 6.77. The summed E-state index contributed by atoms with van der Waals surface area (Å²) in [6.07, 6.45) is 0.391.